The van der Waals surface area contributed by atoms with E-state index in [1.807, 2.05) is 25.1 Å². The van der Waals surface area contributed by atoms with Crippen molar-refractivity contribution >= 4 is 17.4 Å². The van der Waals surface area contributed by atoms with E-state index in [-0.39, 0.29) is 0 Å². The van der Waals surface area contributed by atoms with E-state index in [1.165, 1.54) is 0 Å². The summed E-state index contributed by atoms with van der Waals surface area (Å²) in [6, 6.07) is 5.70. The van der Waals surface area contributed by atoms with E-state index in [0.717, 1.165) is 23.2 Å². The van der Waals surface area contributed by atoms with Crippen molar-refractivity contribution in [2.45, 2.75) is 20.3 Å². The molecule has 84 valence electrons. The number of hydrogen-bond donors (Lipinski definition) is 1. The van der Waals surface area contributed by atoms with Gasteiger partial charge in [0.15, 0.2) is 0 Å². The molecule has 0 saturated carbocycles. The molecule has 0 fully saturated rings. The van der Waals surface area contributed by atoms with Crippen LogP contribution in [0.5, 0.6) is 0 Å². The SMILES string of the molecule is CCc1cnn(-c2cc(Cl)ccc2C)c1N. The van der Waals surface area contributed by atoms with E-state index in [2.05, 4.69) is 12.0 Å². The molecule has 3 nitrogen and oxygen atoms in total. The van der Waals surface area contributed by atoms with Gasteiger partial charge in [-0.15, -0.1) is 0 Å². The van der Waals surface area contributed by atoms with Crippen LogP contribution in [0.2, 0.25) is 5.02 Å². The van der Waals surface area contributed by atoms with Crippen molar-refractivity contribution in [1.82, 2.24) is 9.78 Å². The van der Waals surface area contributed by atoms with Crippen LogP contribution in [0.15, 0.2) is 24.4 Å². The number of hydrogen-bond acceptors (Lipinski definition) is 2. The maximum absolute atomic E-state index is 6.02. The van der Waals surface area contributed by atoms with Gasteiger partial charge in [-0.05, 0) is 31.0 Å². The molecule has 2 rings (SSSR count). The zero-order valence-corrected chi connectivity index (χ0v) is 10.1. The Morgan fingerprint density at radius 2 is 2.19 bits per heavy atom. The topological polar surface area (TPSA) is 43.8 Å². The van der Waals surface area contributed by atoms with Crippen LogP contribution >= 0.6 is 11.6 Å². The molecule has 0 amide bonds. The third-order valence-corrected chi connectivity index (χ3v) is 2.90. The molecular formula is C12H14ClN3. The fourth-order valence-electron chi connectivity index (χ4n) is 1.67. The van der Waals surface area contributed by atoms with Crippen LogP contribution in [-0.2, 0) is 6.42 Å². The molecule has 1 heterocycles. The molecule has 1 aromatic heterocycles. The van der Waals surface area contributed by atoms with E-state index in [4.69, 9.17) is 17.3 Å². The smallest absolute Gasteiger partial charge is 0.130 e. The summed E-state index contributed by atoms with van der Waals surface area (Å²) in [6.07, 6.45) is 2.68. The standard InChI is InChI=1S/C12H14ClN3/c1-3-9-7-15-16(12(9)14)11-6-10(13)5-4-8(11)2/h4-7H,3,14H2,1-2H3. The normalized spacial score (nSPS) is 10.7. The summed E-state index contributed by atoms with van der Waals surface area (Å²) >= 11 is 5.98. The van der Waals surface area contributed by atoms with E-state index >= 15 is 0 Å². The van der Waals surface area contributed by atoms with E-state index in [0.29, 0.717) is 10.8 Å². The number of nitrogens with two attached hydrogens (primary N) is 1. The van der Waals surface area contributed by atoms with Crippen LogP contribution < -0.4 is 5.73 Å². The fraction of sp³-hybridized carbons (Fsp3) is 0.250. The molecule has 2 N–H and O–H groups in total. The summed E-state index contributed by atoms with van der Waals surface area (Å²) in [5.41, 5.74) is 9.11. The fourth-order valence-corrected chi connectivity index (χ4v) is 1.83. The van der Waals surface area contributed by atoms with Gasteiger partial charge in [0, 0.05) is 10.6 Å². The van der Waals surface area contributed by atoms with Crippen LogP contribution in [-0.4, -0.2) is 9.78 Å². The Bertz CT molecular complexity index is 517. The number of aromatic nitrogens is 2. The van der Waals surface area contributed by atoms with Gasteiger partial charge < -0.3 is 5.73 Å². The van der Waals surface area contributed by atoms with Crippen LogP contribution in [0.1, 0.15) is 18.1 Å². The number of rotatable bonds is 2. The second kappa shape index (κ2) is 4.18. The lowest BCUT2D eigenvalue weighted by atomic mass is 10.2. The summed E-state index contributed by atoms with van der Waals surface area (Å²) in [5.74, 6) is 0.688. The van der Waals surface area contributed by atoms with E-state index in [9.17, 15) is 0 Å². The Hall–Kier alpha value is -1.48. The van der Waals surface area contributed by atoms with Gasteiger partial charge in [0.2, 0.25) is 0 Å². The molecule has 1 aromatic carbocycles. The molecule has 0 spiro atoms. The highest BCUT2D eigenvalue weighted by Gasteiger charge is 2.09. The van der Waals surface area contributed by atoms with E-state index < -0.39 is 0 Å². The Morgan fingerprint density at radius 1 is 1.44 bits per heavy atom. The Morgan fingerprint density at radius 3 is 2.81 bits per heavy atom. The van der Waals surface area contributed by atoms with Crippen LogP contribution in [0, 0.1) is 6.92 Å². The van der Waals surface area contributed by atoms with Crippen molar-refractivity contribution in [1.29, 1.82) is 0 Å². The van der Waals surface area contributed by atoms with Crippen molar-refractivity contribution in [3.05, 3.63) is 40.5 Å². The molecule has 16 heavy (non-hydrogen) atoms. The number of benzene rings is 1. The molecule has 0 aliphatic heterocycles. The van der Waals surface area contributed by atoms with Crippen LogP contribution in [0.25, 0.3) is 5.69 Å². The third-order valence-electron chi connectivity index (χ3n) is 2.67. The monoisotopic (exact) mass is 235 g/mol. The molecule has 0 aliphatic carbocycles. The van der Waals surface area contributed by atoms with Gasteiger partial charge in [-0.1, -0.05) is 24.6 Å². The predicted molar refractivity (Wildman–Crippen MR) is 67.1 cm³/mol. The Balaban J connectivity index is 2.58. The van der Waals surface area contributed by atoms with Gasteiger partial charge in [-0.25, -0.2) is 4.68 Å². The van der Waals surface area contributed by atoms with Crippen molar-refractivity contribution in [3.8, 4) is 5.69 Å². The van der Waals surface area contributed by atoms with Gasteiger partial charge in [0.1, 0.15) is 5.82 Å². The molecule has 0 radical (unpaired) electrons. The molecule has 0 aliphatic rings. The Kier molecular flexibility index (Phi) is 2.88. The lowest BCUT2D eigenvalue weighted by Crippen LogP contribution is -2.04. The zero-order chi connectivity index (χ0) is 11.7. The number of aryl methyl sites for hydroxylation is 2. The quantitative estimate of drug-likeness (QED) is 0.870. The first-order valence-corrected chi connectivity index (χ1v) is 5.60. The number of nitrogens with zero attached hydrogens (tertiary/aromatic N) is 2. The highest BCUT2D eigenvalue weighted by molar-refractivity contribution is 6.30. The summed E-state index contributed by atoms with van der Waals surface area (Å²) in [4.78, 5) is 0. The largest absolute Gasteiger partial charge is 0.383 e. The molecule has 0 unspecified atom stereocenters. The first kappa shape index (κ1) is 11.0. The lowest BCUT2D eigenvalue weighted by Gasteiger charge is -2.08. The van der Waals surface area contributed by atoms with Crippen molar-refractivity contribution in [2.75, 3.05) is 5.73 Å². The Labute approximate surface area is 99.8 Å². The number of halogens is 1. The third kappa shape index (κ3) is 1.78. The minimum absolute atomic E-state index is 0.688. The predicted octanol–water partition coefficient (Wildman–Crippen LogP) is 2.98. The van der Waals surface area contributed by atoms with Gasteiger partial charge in [-0.3, -0.25) is 0 Å². The minimum atomic E-state index is 0.688. The second-order valence-corrected chi connectivity index (χ2v) is 4.19. The summed E-state index contributed by atoms with van der Waals surface area (Å²) in [7, 11) is 0. The molecule has 0 atom stereocenters. The summed E-state index contributed by atoms with van der Waals surface area (Å²) in [5, 5.41) is 4.98. The van der Waals surface area contributed by atoms with Gasteiger partial charge >= 0.3 is 0 Å². The molecule has 4 heteroatoms. The van der Waals surface area contributed by atoms with Gasteiger partial charge in [0.05, 0.1) is 11.9 Å². The summed E-state index contributed by atoms with van der Waals surface area (Å²) < 4.78 is 1.74. The molecular weight excluding hydrogens is 222 g/mol. The second-order valence-electron chi connectivity index (χ2n) is 3.75. The van der Waals surface area contributed by atoms with Crippen molar-refractivity contribution < 1.29 is 0 Å². The maximum Gasteiger partial charge on any atom is 0.130 e. The highest BCUT2D eigenvalue weighted by atomic mass is 35.5. The first-order valence-electron chi connectivity index (χ1n) is 5.22. The first-order chi connectivity index (χ1) is 7.63. The molecule has 2 aromatic rings. The van der Waals surface area contributed by atoms with Gasteiger partial charge in [-0.2, -0.15) is 5.10 Å². The molecule has 0 saturated heterocycles. The van der Waals surface area contributed by atoms with Crippen LogP contribution in [0.3, 0.4) is 0 Å². The van der Waals surface area contributed by atoms with Crippen molar-refractivity contribution in [3.63, 3.8) is 0 Å². The average Bonchev–Trinajstić information content (AvgIpc) is 2.63. The summed E-state index contributed by atoms with van der Waals surface area (Å²) in [6.45, 7) is 4.07. The minimum Gasteiger partial charge on any atom is -0.383 e. The average molecular weight is 236 g/mol. The maximum atomic E-state index is 6.02. The zero-order valence-electron chi connectivity index (χ0n) is 9.37. The number of nitrogen functional groups attached to an aromatic ring is 1. The van der Waals surface area contributed by atoms with Crippen molar-refractivity contribution in [2.24, 2.45) is 0 Å². The van der Waals surface area contributed by atoms with Crippen LogP contribution in [0.4, 0.5) is 5.82 Å². The highest BCUT2D eigenvalue weighted by Crippen LogP contribution is 2.23. The lowest BCUT2D eigenvalue weighted by molar-refractivity contribution is 0.883. The molecule has 0 bridgehead atoms. The number of anilines is 1. The van der Waals surface area contributed by atoms with E-state index in [1.54, 1.807) is 10.9 Å². The van der Waals surface area contributed by atoms with Gasteiger partial charge in [0.25, 0.3) is 0 Å².